The Hall–Kier alpha value is -10.2. The van der Waals surface area contributed by atoms with Gasteiger partial charge in [0.2, 0.25) is 33.8 Å². The quantitative estimate of drug-likeness (QED) is 0.0360. The molecule has 12 nitrogen and oxygen atoms in total. The summed E-state index contributed by atoms with van der Waals surface area (Å²) in [5, 5.41) is 7.73. The number of aryl methyl sites for hydroxylation is 4. The summed E-state index contributed by atoms with van der Waals surface area (Å²) in [6.07, 6.45) is 4.40. The van der Waals surface area contributed by atoms with E-state index in [1.54, 1.807) is 0 Å². The molecule has 0 saturated carbocycles. The van der Waals surface area contributed by atoms with Gasteiger partial charge in [0.1, 0.15) is 28.2 Å². The van der Waals surface area contributed by atoms with E-state index in [2.05, 4.69) is 502 Å². The number of pyridine rings is 4. The van der Waals surface area contributed by atoms with Crippen LogP contribution in [0.4, 0.5) is 45.5 Å². The van der Waals surface area contributed by atoms with Crippen molar-refractivity contribution in [3.63, 3.8) is 0 Å². The highest BCUT2D eigenvalue weighted by Gasteiger charge is 2.32. The fourth-order valence-corrected chi connectivity index (χ4v) is 20.4. The van der Waals surface area contributed by atoms with E-state index in [4.69, 9.17) is 0 Å². The molecule has 0 amide bonds. The largest absolute Gasteiger partial charge is 0.372 e. The molecule has 0 unspecified atom stereocenters. The molecule has 0 N–H and O–H groups in total. The maximum absolute atomic E-state index is 2.64. The molecule has 0 aliphatic heterocycles. The van der Waals surface area contributed by atoms with Gasteiger partial charge in [-0.05, 0) is 276 Å². The van der Waals surface area contributed by atoms with Crippen molar-refractivity contribution in [1.82, 2.24) is 0 Å². The van der Waals surface area contributed by atoms with Gasteiger partial charge in [0, 0.05) is 195 Å². The van der Waals surface area contributed by atoms with E-state index in [-0.39, 0.29) is 0 Å². The van der Waals surface area contributed by atoms with Crippen LogP contribution in [0.15, 0.2) is 194 Å². The van der Waals surface area contributed by atoms with Crippen LogP contribution in [-0.2, 0) is 28.2 Å². The summed E-state index contributed by atoms with van der Waals surface area (Å²) in [6, 6.07) is 69.5. The Morgan fingerprint density at radius 1 is 0.242 bits per heavy atom. The van der Waals surface area contributed by atoms with Crippen LogP contribution in [0, 0.1) is 75.0 Å². The van der Waals surface area contributed by atoms with Crippen LogP contribution in [-0.4, -0.2) is 103 Å². The minimum atomic E-state index is 0.421. The Labute approximate surface area is 802 Å². The number of hydrogen-bond donors (Lipinski definition) is 0. The molecule has 12 rings (SSSR count). The van der Waals surface area contributed by atoms with Crippen LogP contribution in [0.25, 0.3) is 88.4 Å². The molecule has 0 aliphatic carbocycles. The van der Waals surface area contributed by atoms with Gasteiger partial charge in [-0.2, -0.15) is 9.13 Å². The first kappa shape index (κ1) is 105. The first-order chi connectivity index (χ1) is 62.5. The molecule has 0 saturated heterocycles. The fourth-order valence-electron chi connectivity index (χ4n) is 20.4. The molecule has 4 aromatic heterocycles. The van der Waals surface area contributed by atoms with Crippen LogP contribution >= 0.6 is 0 Å². The molecule has 712 valence electrons. The van der Waals surface area contributed by atoms with Crippen molar-refractivity contribution in [2.24, 2.45) is 75.5 Å². The number of anilines is 8. The second-order valence-electron chi connectivity index (χ2n) is 42.3. The zero-order valence-electron chi connectivity index (χ0n) is 89.3. The standard InChI is InChI=1S/2C33H50N3.C29H42N3.C25H34N3/c1-23(2)19-35(20-24(3)4)29-17-30(32-16-15-28-13-11-12-14-31(28)34(32)10)27(9)33(18-29)36(21-25(5)6)22-26(7)8;1-23(2)19-35(20-24(3)4)29-17-31(33-30-14-12-11-13-28(30)15-16-34(33)10)27(9)32(18-29)36(21-25(5)6)22-26(7)8;1-19(2)31(20(3)4)25-17-27(23(9)28(18-25)32(21(5)6)22(7)8)29-26-14-12-11-13-24(26)15-16-30(29)10;1-7-27(8-2)21-17-22(19(5)25(18-21)28(9-3)10-4)24-16-15-20-13-11-12-14-23(20)26(24)6/h2*11-18,23-26H,19-22H2,1-10H3;11-22H,1-10H3;11-18H,7-10H2,1-6H3/q4*+1. The number of hydrogen-bond acceptors (Lipinski definition) is 8. The Kier molecular flexibility index (Phi) is 38.5. The minimum absolute atomic E-state index is 0.421. The molecule has 0 radical (unpaired) electrons. The molecule has 0 bridgehead atoms. The second-order valence-corrected chi connectivity index (χ2v) is 42.3. The lowest BCUT2D eigenvalue weighted by Gasteiger charge is -2.38. The van der Waals surface area contributed by atoms with E-state index in [1.807, 2.05) is 0 Å². The van der Waals surface area contributed by atoms with Gasteiger partial charge in [-0.1, -0.05) is 171 Å². The molecule has 12 aromatic rings. The normalized spacial score (nSPS) is 11.8. The molecule has 0 aliphatic rings. The lowest BCUT2D eigenvalue weighted by atomic mass is 9.95. The first-order valence-electron chi connectivity index (χ1n) is 50.7. The van der Waals surface area contributed by atoms with E-state index in [0.29, 0.717) is 71.5 Å². The van der Waals surface area contributed by atoms with Crippen LogP contribution in [0.2, 0.25) is 0 Å². The fraction of sp³-hybridized carbons (Fsp3) is 0.500. The molecule has 0 atom stereocenters. The average molecular weight is 1790 g/mol. The topological polar surface area (TPSA) is 41.4 Å². The van der Waals surface area contributed by atoms with Crippen LogP contribution in [0.5, 0.6) is 0 Å². The van der Waals surface area contributed by atoms with Crippen LogP contribution in [0.1, 0.15) is 216 Å². The third kappa shape index (κ3) is 26.2. The lowest BCUT2D eigenvalue weighted by Crippen LogP contribution is -2.39. The van der Waals surface area contributed by atoms with Gasteiger partial charge in [-0.15, -0.1) is 0 Å². The molecule has 0 fully saturated rings. The van der Waals surface area contributed by atoms with Crippen molar-refractivity contribution in [3.8, 4) is 45.0 Å². The predicted molar refractivity (Wildman–Crippen MR) is 581 cm³/mol. The SMILES string of the molecule is CCN(CC)c1cc(-c2ccc3ccccc3[n+]2C)c(C)c(N(CC)CC)c1.Cc1c(-c2c3ccccc3cc[n+]2C)cc(N(C(C)C)C(C)C)cc1N(C(C)C)C(C)C.Cc1c(-c2c3ccccc3cc[n+]2C)cc(N(CC(C)C)CC(C)C)cc1N(CC(C)C)CC(C)C.Cc1c(-c2ccc3ccccc3[n+]2C)cc(N(CC(C)C)CC(C)C)cc1N(CC(C)C)CC(C)C. The number of fused-ring (bicyclic) bond motifs is 4. The van der Waals surface area contributed by atoms with E-state index < -0.39 is 0 Å². The highest BCUT2D eigenvalue weighted by Crippen LogP contribution is 2.44. The van der Waals surface area contributed by atoms with Gasteiger partial charge in [0.15, 0.2) is 12.4 Å². The van der Waals surface area contributed by atoms with E-state index in [1.165, 1.54) is 156 Å². The highest BCUT2D eigenvalue weighted by molar-refractivity contribution is 5.97. The smallest absolute Gasteiger partial charge is 0.220 e. The van der Waals surface area contributed by atoms with E-state index in [9.17, 15) is 0 Å². The number of para-hydroxylation sites is 2. The minimum Gasteiger partial charge on any atom is -0.372 e. The number of aromatic nitrogens is 4. The van der Waals surface area contributed by atoms with Gasteiger partial charge in [0.05, 0.1) is 33.0 Å². The highest BCUT2D eigenvalue weighted by atomic mass is 15.2. The number of benzene rings is 8. The summed E-state index contributed by atoms with van der Waals surface area (Å²) in [4.78, 5) is 20.5. The molecular weight excluding hydrogens is 1610 g/mol. The van der Waals surface area contributed by atoms with Crippen LogP contribution in [0.3, 0.4) is 0 Å². The lowest BCUT2D eigenvalue weighted by molar-refractivity contribution is -0.659. The number of rotatable bonds is 36. The summed E-state index contributed by atoms with van der Waals surface area (Å²) in [5.74, 6) is 4.84. The van der Waals surface area contributed by atoms with Crippen molar-refractivity contribution in [2.75, 3.05) is 118 Å². The Morgan fingerprint density at radius 2 is 0.508 bits per heavy atom. The average Bonchev–Trinajstić information content (AvgIpc) is 0.768. The van der Waals surface area contributed by atoms with Gasteiger partial charge < -0.3 is 39.2 Å². The van der Waals surface area contributed by atoms with Crippen molar-refractivity contribution in [1.29, 1.82) is 0 Å². The Bertz CT molecular complexity index is 5660. The molecule has 132 heavy (non-hydrogen) atoms. The number of nitrogens with zero attached hydrogens (tertiary/aromatic N) is 12. The monoisotopic (exact) mass is 1790 g/mol. The predicted octanol–water partition coefficient (Wildman–Crippen LogP) is 28.0. The zero-order valence-corrected chi connectivity index (χ0v) is 89.3. The van der Waals surface area contributed by atoms with Crippen molar-refractivity contribution >= 4 is 88.8 Å². The second kappa shape index (κ2) is 48.1. The van der Waals surface area contributed by atoms with Gasteiger partial charge in [-0.25, -0.2) is 9.13 Å². The first-order valence-corrected chi connectivity index (χ1v) is 50.7. The maximum Gasteiger partial charge on any atom is 0.220 e. The third-order valence-electron chi connectivity index (χ3n) is 25.9. The zero-order chi connectivity index (χ0) is 97.1. The van der Waals surface area contributed by atoms with Crippen molar-refractivity contribution < 1.29 is 18.3 Å². The van der Waals surface area contributed by atoms with Gasteiger partial charge in [0.25, 0.3) is 0 Å². The third-order valence-corrected chi connectivity index (χ3v) is 25.9. The Morgan fingerprint density at radius 3 is 0.833 bits per heavy atom. The summed E-state index contributed by atoms with van der Waals surface area (Å²) in [7, 11) is 8.74. The van der Waals surface area contributed by atoms with Gasteiger partial charge in [-0.3, -0.25) is 0 Å². The van der Waals surface area contributed by atoms with Crippen molar-refractivity contribution in [2.45, 2.75) is 246 Å². The molecule has 12 heteroatoms. The van der Waals surface area contributed by atoms with Gasteiger partial charge >= 0.3 is 0 Å². The van der Waals surface area contributed by atoms with Crippen molar-refractivity contribution in [3.05, 3.63) is 217 Å². The molecular formula is C120H176N12+4. The summed E-state index contributed by atoms with van der Waals surface area (Å²) < 4.78 is 9.29. The summed E-state index contributed by atoms with van der Waals surface area (Å²) in [6.45, 7) is 86.4. The van der Waals surface area contributed by atoms with E-state index >= 15 is 0 Å². The van der Waals surface area contributed by atoms with Crippen LogP contribution < -0.4 is 57.5 Å². The molecule has 0 spiro atoms. The maximum atomic E-state index is 2.64. The molecule has 8 aromatic carbocycles. The molecule has 4 heterocycles. The summed E-state index contributed by atoms with van der Waals surface area (Å²) >= 11 is 0. The Balaban J connectivity index is 0.000000199. The summed E-state index contributed by atoms with van der Waals surface area (Å²) in [5.41, 5.74) is 29.2. The van der Waals surface area contributed by atoms with E-state index in [0.717, 1.165) is 78.5 Å².